The Morgan fingerprint density at radius 3 is 1.40 bits per heavy atom. The predicted octanol–water partition coefficient (Wildman–Crippen LogP) is 10.0. The van der Waals surface area contributed by atoms with Crippen molar-refractivity contribution in [1.29, 1.82) is 0 Å². The number of hydrogen-bond acceptors (Lipinski definition) is 2. The smallest absolute Gasteiger partial charge is 0.0710 e. The Morgan fingerprint density at radius 2 is 0.907 bits per heavy atom. The topological polar surface area (TPSA) is 6.48 Å². The molecule has 0 aliphatic rings. The number of aryl methyl sites for hydroxylation is 2. The highest BCUT2D eigenvalue weighted by Gasteiger charge is 2.41. The average molecular weight is 567 g/mol. The molecular weight excluding hydrogens is 520 g/mol. The molecule has 5 aromatic rings. The van der Waals surface area contributed by atoms with Crippen LogP contribution in [0.15, 0.2) is 121 Å². The first-order valence-corrected chi connectivity index (χ1v) is 15.9. The van der Waals surface area contributed by atoms with Gasteiger partial charge in [-0.05, 0) is 110 Å². The van der Waals surface area contributed by atoms with Gasteiger partial charge in [-0.25, -0.2) is 0 Å². The first kappa shape index (κ1) is 30.2. The van der Waals surface area contributed by atoms with E-state index in [-0.39, 0.29) is 0 Å². The molecule has 0 spiro atoms. The van der Waals surface area contributed by atoms with E-state index in [0.29, 0.717) is 0 Å². The third-order valence-electron chi connectivity index (χ3n) is 9.12. The van der Waals surface area contributed by atoms with Gasteiger partial charge < -0.3 is 9.80 Å². The molecule has 0 aliphatic carbocycles. The molecule has 43 heavy (non-hydrogen) atoms. The average Bonchev–Trinajstić information content (AvgIpc) is 3.05. The number of rotatable bonds is 11. The monoisotopic (exact) mass is 566 g/mol. The largest absolute Gasteiger partial charge is 0.372 e. The Hall–Kier alpha value is -4.30. The molecule has 0 fully saturated rings. The van der Waals surface area contributed by atoms with Crippen LogP contribution in [0.4, 0.5) is 11.4 Å². The minimum absolute atomic E-state index is 0.519. The van der Waals surface area contributed by atoms with Gasteiger partial charge >= 0.3 is 0 Å². The minimum atomic E-state index is -0.519. The van der Waals surface area contributed by atoms with Crippen LogP contribution in [0.3, 0.4) is 0 Å². The van der Waals surface area contributed by atoms with Crippen LogP contribution in [0.5, 0.6) is 0 Å². The van der Waals surface area contributed by atoms with Gasteiger partial charge in [0.25, 0.3) is 0 Å². The molecular formula is C41H46N2. The van der Waals surface area contributed by atoms with Crippen LogP contribution < -0.4 is 9.80 Å². The van der Waals surface area contributed by atoms with Crippen LogP contribution in [-0.2, 0) is 5.41 Å². The van der Waals surface area contributed by atoms with Crippen molar-refractivity contribution in [1.82, 2.24) is 0 Å². The number of hydrogen-bond donors (Lipinski definition) is 0. The summed E-state index contributed by atoms with van der Waals surface area (Å²) < 4.78 is 0. The lowest BCUT2D eigenvalue weighted by atomic mass is 9.62. The molecule has 2 heteroatoms. The van der Waals surface area contributed by atoms with Crippen LogP contribution in [0.25, 0.3) is 11.1 Å². The zero-order chi connectivity index (χ0) is 30.4. The molecule has 0 aromatic heterocycles. The molecule has 0 saturated heterocycles. The highest BCUT2D eigenvalue weighted by Crippen LogP contribution is 2.50. The van der Waals surface area contributed by atoms with Gasteiger partial charge in [-0.1, -0.05) is 97.1 Å². The van der Waals surface area contributed by atoms with Gasteiger partial charge in [-0.2, -0.15) is 0 Å². The van der Waals surface area contributed by atoms with E-state index in [1.807, 2.05) is 0 Å². The van der Waals surface area contributed by atoms with Crippen LogP contribution in [0, 0.1) is 13.8 Å². The Kier molecular flexibility index (Phi) is 9.36. The quantitative estimate of drug-likeness (QED) is 0.147. The Morgan fingerprint density at radius 1 is 0.442 bits per heavy atom. The maximum Gasteiger partial charge on any atom is 0.0710 e. The maximum absolute atomic E-state index is 2.43. The summed E-state index contributed by atoms with van der Waals surface area (Å²) in [4.78, 5) is 4.85. The molecule has 0 aliphatic heterocycles. The zero-order valence-electron chi connectivity index (χ0n) is 26.8. The lowest BCUT2D eigenvalue weighted by Crippen LogP contribution is -2.33. The van der Waals surface area contributed by atoms with Crippen molar-refractivity contribution in [2.24, 2.45) is 0 Å². The number of benzene rings is 5. The molecule has 0 heterocycles. The predicted molar refractivity (Wildman–Crippen MR) is 187 cm³/mol. The molecule has 220 valence electrons. The van der Waals surface area contributed by atoms with Gasteiger partial charge in [-0.3, -0.25) is 0 Å². The minimum Gasteiger partial charge on any atom is -0.372 e. The van der Waals surface area contributed by atoms with E-state index in [0.717, 1.165) is 26.2 Å². The van der Waals surface area contributed by atoms with Crippen LogP contribution >= 0.6 is 0 Å². The van der Waals surface area contributed by atoms with Crippen molar-refractivity contribution < 1.29 is 0 Å². The molecule has 0 unspecified atom stereocenters. The van der Waals surface area contributed by atoms with Crippen molar-refractivity contribution >= 4 is 11.4 Å². The summed E-state index contributed by atoms with van der Waals surface area (Å²) >= 11 is 0. The standard InChI is InChI=1S/C41H46N2/c1-7-42(8-2)35-25-27-37(31(5)29-35)38-23-17-18-24-40(38)41(33-19-13-11-14-20-33,34-21-15-12-16-22-34)39-28-26-36(30-32(39)6)43(9-3)10-4/h11-30H,7-10H2,1-6H3. The third-order valence-corrected chi connectivity index (χ3v) is 9.12. The van der Waals surface area contributed by atoms with Gasteiger partial charge in [0.2, 0.25) is 0 Å². The summed E-state index contributed by atoms with van der Waals surface area (Å²) in [5, 5.41) is 0. The van der Waals surface area contributed by atoms with Crippen LogP contribution in [-0.4, -0.2) is 26.2 Å². The normalized spacial score (nSPS) is 11.4. The van der Waals surface area contributed by atoms with E-state index >= 15 is 0 Å². The number of nitrogens with zero attached hydrogens (tertiary/aromatic N) is 2. The molecule has 0 bridgehead atoms. The van der Waals surface area contributed by atoms with E-state index in [1.54, 1.807) is 0 Å². The lowest BCUT2D eigenvalue weighted by Gasteiger charge is -2.40. The lowest BCUT2D eigenvalue weighted by molar-refractivity contribution is 0.739. The molecule has 2 nitrogen and oxygen atoms in total. The third kappa shape index (κ3) is 5.59. The van der Waals surface area contributed by atoms with E-state index in [1.165, 1.54) is 55.9 Å². The highest BCUT2D eigenvalue weighted by molar-refractivity contribution is 5.78. The highest BCUT2D eigenvalue weighted by atomic mass is 15.1. The molecule has 0 N–H and O–H groups in total. The molecule has 0 amide bonds. The van der Waals surface area contributed by atoms with Crippen LogP contribution in [0.1, 0.15) is 61.1 Å². The van der Waals surface area contributed by atoms with Crippen molar-refractivity contribution in [3.63, 3.8) is 0 Å². The molecule has 0 saturated carbocycles. The van der Waals surface area contributed by atoms with Crippen molar-refractivity contribution in [3.8, 4) is 11.1 Å². The second-order valence-corrected chi connectivity index (χ2v) is 11.4. The van der Waals surface area contributed by atoms with Crippen LogP contribution in [0.2, 0.25) is 0 Å². The van der Waals surface area contributed by atoms with Crippen molar-refractivity contribution in [2.75, 3.05) is 36.0 Å². The van der Waals surface area contributed by atoms with E-state index in [9.17, 15) is 0 Å². The first-order valence-electron chi connectivity index (χ1n) is 15.9. The Balaban J connectivity index is 1.86. The van der Waals surface area contributed by atoms with E-state index in [2.05, 4.69) is 173 Å². The van der Waals surface area contributed by atoms with Gasteiger partial charge in [0.05, 0.1) is 5.41 Å². The molecule has 5 rings (SSSR count). The SMILES string of the molecule is CCN(CC)c1ccc(-c2ccccc2C(c2ccccc2)(c2ccccc2)c2ccc(N(CC)CC)cc2C)c(C)c1. The van der Waals surface area contributed by atoms with Crippen molar-refractivity contribution in [2.45, 2.75) is 47.0 Å². The molecule has 0 atom stereocenters. The maximum atomic E-state index is 2.43. The van der Waals surface area contributed by atoms with Gasteiger partial charge in [0.15, 0.2) is 0 Å². The Bertz CT molecular complexity index is 1590. The fraction of sp³-hybridized carbons (Fsp3) is 0.268. The van der Waals surface area contributed by atoms with Gasteiger partial charge in [-0.15, -0.1) is 0 Å². The summed E-state index contributed by atoms with van der Waals surface area (Å²) in [6.45, 7) is 17.4. The first-order chi connectivity index (χ1) is 21.0. The summed E-state index contributed by atoms with van der Waals surface area (Å²) in [5.41, 5.74) is 12.3. The zero-order valence-corrected chi connectivity index (χ0v) is 26.8. The fourth-order valence-corrected chi connectivity index (χ4v) is 6.94. The summed E-state index contributed by atoms with van der Waals surface area (Å²) in [6, 6.07) is 45.3. The second kappa shape index (κ2) is 13.3. The van der Waals surface area contributed by atoms with E-state index < -0.39 is 5.41 Å². The van der Waals surface area contributed by atoms with E-state index in [4.69, 9.17) is 0 Å². The summed E-state index contributed by atoms with van der Waals surface area (Å²) in [7, 11) is 0. The van der Waals surface area contributed by atoms with Crippen molar-refractivity contribution in [3.05, 3.63) is 155 Å². The molecule has 5 aromatic carbocycles. The number of anilines is 2. The summed E-state index contributed by atoms with van der Waals surface area (Å²) in [6.07, 6.45) is 0. The fourth-order valence-electron chi connectivity index (χ4n) is 6.94. The second-order valence-electron chi connectivity index (χ2n) is 11.4. The molecule has 0 radical (unpaired) electrons. The van der Waals surface area contributed by atoms with Gasteiger partial charge in [0.1, 0.15) is 0 Å². The van der Waals surface area contributed by atoms with Gasteiger partial charge in [0, 0.05) is 37.6 Å². The Labute approximate surface area is 259 Å². The summed E-state index contributed by atoms with van der Waals surface area (Å²) in [5.74, 6) is 0.